The summed E-state index contributed by atoms with van der Waals surface area (Å²) in [6, 6.07) is 7.10. The predicted octanol–water partition coefficient (Wildman–Crippen LogP) is 1.15. The monoisotopic (exact) mass is 340 g/mol. The number of rotatable bonds is 6. The number of aliphatic carboxylic acids is 2. The minimum atomic E-state index is -2.40. The van der Waals surface area contributed by atoms with Gasteiger partial charge in [-0.1, -0.05) is 23.4 Å². The van der Waals surface area contributed by atoms with E-state index in [2.05, 4.69) is 10.1 Å². The zero-order valence-corrected chi connectivity index (χ0v) is 12.8. The van der Waals surface area contributed by atoms with Gasteiger partial charge in [-0.3, -0.25) is 0 Å². The number of nitrogens with one attached hydrogen (secondary N) is 1. The van der Waals surface area contributed by atoms with Crippen molar-refractivity contribution in [2.45, 2.75) is 18.4 Å². The minimum Gasteiger partial charge on any atom is -0.479 e. The number of carbonyl (C=O) groups is 2. The molecule has 10 heteroatoms. The predicted molar refractivity (Wildman–Crippen MR) is 86.1 cm³/mol. The second kappa shape index (κ2) is 8.06. The summed E-state index contributed by atoms with van der Waals surface area (Å²) in [4.78, 5) is 25.2. The van der Waals surface area contributed by atoms with Gasteiger partial charge < -0.3 is 37.8 Å². The summed E-state index contributed by atoms with van der Waals surface area (Å²) in [7, 11) is 0. The van der Waals surface area contributed by atoms with Crippen LogP contribution in [0.2, 0.25) is 0 Å². The Hall–Kier alpha value is -2.95. The van der Waals surface area contributed by atoms with Crippen LogP contribution in [0.1, 0.15) is 12.0 Å². The maximum Gasteiger partial charge on any atom is 0.353 e. The molecule has 2 rings (SSSR count). The van der Waals surface area contributed by atoms with Crippen molar-refractivity contribution in [3.05, 3.63) is 36.0 Å². The van der Waals surface area contributed by atoms with Crippen LogP contribution in [0.25, 0.3) is 10.9 Å². The van der Waals surface area contributed by atoms with Crippen LogP contribution in [-0.2, 0) is 16.0 Å². The lowest BCUT2D eigenvalue weighted by molar-refractivity contribution is -0.157. The molecule has 0 radical (unpaired) electrons. The van der Waals surface area contributed by atoms with Crippen LogP contribution < -0.4 is 12.3 Å². The van der Waals surface area contributed by atoms with Crippen LogP contribution in [0, 0.1) is 0 Å². The Morgan fingerprint density at radius 3 is 2.33 bits per heavy atom. The third-order valence-electron chi connectivity index (χ3n) is 3.38. The van der Waals surface area contributed by atoms with Gasteiger partial charge in [-0.15, -0.1) is 0 Å². The summed E-state index contributed by atoms with van der Waals surface area (Å²) in [5.74, 6) is -3.19. The maximum absolute atomic E-state index is 11.4. The summed E-state index contributed by atoms with van der Waals surface area (Å²) in [6.07, 6.45) is 0.390. The standard InChI is InChI=1S/C14H14N2O6.2H3N/c17-12(18)11(16-22)6-14(21,13(19)20)5-8-7-15-10-4-2-1-3-9(8)10;;/h1-4,7,15,21-22H,5-6H2,(H,17,18)(H,19,20);2*1H3/t14-;;/m1../s1. The van der Waals surface area contributed by atoms with Crippen LogP contribution in [0.5, 0.6) is 0 Å². The molecule has 132 valence electrons. The zero-order valence-electron chi connectivity index (χ0n) is 12.8. The van der Waals surface area contributed by atoms with Crippen molar-refractivity contribution in [1.29, 1.82) is 0 Å². The highest BCUT2D eigenvalue weighted by Crippen LogP contribution is 2.25. The highest BCUT2D eigenvalue weighted by molar-refractivity contribution is 6.36. The van der Waals surface area contributed by atoms with Crippen molar-refractivity contribution >= 4 is 28.6 Å². The summed E-state index contributed by atoms with van der Waals surface area (Å²) >= 11 is 0. The van der Waals surface area contributed by atoms with E-state index < -0.39 is 29.7 Å². The third kappa shape index (κ3) is 4.07. The number of aromatic amines is 1. The van der Waals surface area contributed by atoms with E-state index in [0.717, 1.165) is 10.9 Å². The first-order valence-corrected chi connectivity index (χ1v) is 6.32. The fourth-order valence-corrected chi connectivity index (χ4v) is 2.24. The maximum atomic E-state index is 11.4. The summed E-state index contributed by atoms with van der Waals surface area (Å²) in [5, 5.41) is 40.2. The fraction of sp³-hybridized carbons (Fsp3) is 0.214. The van der Waals surface area contributed by atoms with Gasteiger partial charge in [0.2, 0.25) is 0 Å². The molecule has 24 heavy (non-hydrogen) atoms. The first-order valence-electron chi connectivity index (χ1n) is 6.32. The quantitative estimate of drug-likeness (QED) is 0.229. The van der Waals surface area contributed by atoms with Gasteiger partial charge in [0.05, 0.1) is 0 Å². The average Bonchev–Trinajstić information content (AvgIpc) is 2.87. The Morgan fingerprint density at radius 2 is 1.79 bits per heavy atom. The number of nitrogens with zero attached hydrogens (tertiary/aromatic N) is 1. The number of oxime groups is 1. The highest BCUT2D eigenvalue weighted by atomic mass is 16.4. The van der Waals surface area contributed by atoms with E-state index in [1.165, 1.54) is 0 Å². The fourth-order valence-electron chi connectivity index (χ4n) is 2.24. The molecule has 0 unspecified atom stereocenters. The van der Waals surface area contributed by atoms with Gasteiger partial charge in [0.25, 0.3) is 0 Å². The van der Waals surface area contributed by atoms with Gasteiger partial charge in [-0.25, -0.2) is 9.59 Å². The molecule has 0 saturated heterocycles. The van der Waals surface area contributed by atoms with E-state index in [-0.39, 0.29) is 18.7 Å². The number of hydrogen-bond donors (Lipinski definition) is 7. The number of carboxylic acid groups (broad SMARTS) is 2. The van der Waals surface area contributed by atoms with Crippen LogP contribution in [0.3, 0.4) is 0 Å². The van der Waals surface area contributed by atoms with E-state index in [1.54, 1.807) is 30.5 Å². The Balaban J connectivity index is 0.00000264. The number of aliphatic hydroxyl groups is 1. The van der Waals surface area contributed by atoms with Crippen molar-refractivity contribution < 1.29 is 30.1 Å². The molecule has 0 aliphatic heterocycles. The highest BCUT2D eigenvalue weighted by Gasteiger charge is 2.40. The molecule has 0 aliphatic carbocycles. The van der Waals surface area contributed by atoms with E-state index in [0.29, 0.717) is 5.56 Å². The Morgan fingerprint density at radius 1 is 1.17 bits per heavy atom. The Kier molecular flexibility index (Phi) is 7.07. The second-order valence-electron chi connectivity index (χ2n) is 4.90. The van der Waals surface area contributed by atoms with Gasteiger partial charge in [0, 0.05) is 29.9 Å². The largest absolute Gasteiger partial charge is 0.479 e. The lowest BCUT2D eigenvalue weighted by atomic mass is 9.89. The number of H-pyrrole nitrogens is 1. The van der Waals surface area contributed by atoms with E-state index in [1.807, 2.05) is 0 Å². The number of para-hydroxylation sites is 1. The average molecular weight is 340 g/mol. The molecule has 1 atom stereocenters. The third-order valence-corrected chi connectivity index (χ3v) is 3.38. The Labute approximate surface area is 136 Å². The zero-order chi connectivity index (χ0) is 16.3. The molecule has 0 fully saturated rings. The lowest BCUT2D eigenvalue weighted by Crippen LogP contribution is -2.44. The van der Waals surface area contributed by atoms with Crippen LogP contribution in [0.15, 0.2) is 35.6 Å². The SMILES string of the molecule is N.N.O=C(O)C(C[C@](O)(Cc1c[nH]c2ccccc12)C(=O)O)=NO. The van der Waals surface area contributed by atoms with Crippen molar-refractivity contribution in [3.63, 3.8) is 0 Å². The summed E-state index contributed by atoms with van der Waals surface area (Å²) < 4.78 is 0. The number of benzene rings is 1. The number of aromatic nitrogens is 1. The Bertz CT molecular complexity index is 757. The molecule has 1 aromatic carbocycles. The molecular weight excluding hydrogens is 320 g/mol. The van der Waals surface area contributed by atoms with Crippen LogP contribution in [-0.4, -0.2) is 48.8 Å². The smallest absolute Gasteiger partial charge is 0.353 e. The molecule has 0 amide bonds. The van der Waals surface area contributed by atoms with Gasteiger partial charge in [0.1, 0.15) is 0 Å². The van der Waals surface area contributed by atoms with Crippen molar-refractivity contribution in [2.24, 2.45) is 5.16 Å². The number of hydrogen-bond acceptors (Lipinski definition) is 7. The molecule has 1 heterocycles. The molecule has 0 saturated carbocycles. The normalized spacial score (nSPS) is 13.5. The molecule has 11 N–H and O–H groups in total. The van der Waals surface area contributed by atoms with Crippen LogP contribution in [0.4, 0.5) is 0 Å². The molecule has 2 aromatic rings. The minimum absolute atomic E-state index is 0. The first-order chi connectivity index (χ1) is 10.4. The molecule has 0 spiro atoms. The van der Waals surface area contributed by atoms with E-state index in [9.17, 15) is 19.8 Å². The second-order valence-corrected chi connectivity index (χ2v) is 4.90. The van der Waals surface area contributed by atoms with Crippen molar-refractivity contribution in [2.75, 3.05) is 0 Å². The number of fused-ring (bicyclic) bond motifs is 1. The van der Waals surface area contributed by atoms with Crippen molar-refractivity contribution in [1.82, 2.24) is 17.3 Å². The molecule has 1 aromatic heterocycles. The first kappa shape index (κ1) is 21.0. The molecule has 10 nitrogen and oxygen atoms in total. The van der Waals surface area contributed by atoms with Crippen molar-refractivity contribution in [3.8, 4) is 0 Å². The molecule has 0 bridgehead atoms. The molecular formula is C14H20N4O6. The summed E-state index contributed by atoms with van der Waals surface area (Å²) in [6.45, 7) is 0. The summed E-state index contributed by atoms with van der Waals surface area (Å²) in [5.41, 5.74) is -1.95. The van der Waals surface area contributed by atoms with E-state index >= 15 is 0 Å². The topological polar surface area (TPSA) is 213 Å². The van der Waals surface area contributed by atoms with Gasteiger partial charge in [-0.2, -0.15) is 0 Å². The number of carboxylic acids is 2. The van der Waals surface area contributed by atoms with Crippen LogP contribution >= 0.6 is 0 Å². The molecule has 0 aliphatic rings. The van der Waals surface area contributed by atoms with Gasteiger partial charge in [-0.05, 0) is 11.6 Å². The van der Waals surface area contributed by atoms with E-state index in [4.69, 9.17) is 10.3 Å². The lowest BCUT2D eigenvalue weighted by Gasteiger charge is -2.22. The van der Waals surface area contributed by atoms with Gasteiger partial charge >= 0.3 is 11.9 Å². The van der Waals surface area contributed by atoms with Gasteiger partial charge in [0.15, 0.2) is 11.3 Å².